The molecule has 19 heavy (non-hydrogen) atoms. The van der Waals surface area contributed by atoms with Crippen molar-refractivity contribution in [2.45, 2.75) is 65.3 Å². The maximum Gasteiger partial charge on any atom is 0.222 e. The highest BCUT2D eigenvalue weighted by Gasteiger charge is 2.35. The normalized spacial score (nSPS) is 35.2. The first kappa shape index (κ1) is 14.8. The van der Waals surface area contributed by atoms with Crippen LogP contribution in [0.1, 0.15) is 59.3 Å². The van der Waals surface area contributed by atoms with Gasteiger partial charge in [-0.2, -0.15) is 0 Å². The molecule has 1 saturated carbocycles. The molecule has 2 aliphatic rings. The van der Waals surface area contributed by atoms with Gasteiger partial charge in [0.15, 0.2) is 0 Å². The van der Waals surface area contributed by atoms with Crippen molar-refractivity contribution >= 4 is 5.91 Å². The first-order valence-corrected chi connectivity index (χ1v) is 7.92. The molecule has 1 saturated heterocycles. The number of rotatable bonds is 2. The van der Waals surface area contributed by atoms with Crippen LogP contribution in [0, 0.1) is 17.3 Å². The molecule has 2 N–H and O–H groups in total. The largest absolute Gasteiger partial charge is 0.342 e. The Morgan fingerprint density at radius 1 is 1.21 bits per heavy atom. The Morgan fingerprint density at radius 3 is 2.42 bits per heavy atom. The van der Waals surface area contributed by atoms with E-state index in [-0.39, 0.29) is 11.5 Å². The quantitative estimate of drug-likeness (QED) is 0.835. The van der Waals surface area contributed by atoms with E-state index >= 15 is 0 Å². The van der Waals surface area contributed by atoms with Crippen molar-refractivity contribution in [2.75, 3.05) is 13.1 Å². The van der Waals surface area contributed by atoms with Gasteiger partial charge in [-0.15, -0.1) is 0 Å². The minimum absolute atomic E-state index is 0.0645. The number of nitrogens with two attached hydrogens (primary N) is 1. The molecule has 110 valence electrons. The van der Waals surface area contributed by atoms with Crippen LogP contribution in [-0.4, -0.2) is 29.9 Å². The monoisotopic (exact) mass is 266 g/mol. The summed E-state index contributed by atoms with van der Waals surface area (Å²) in [6, 6.07) is 0.229. The predicted octanol–water partition coefficient (Wildman–Crippen LogP) is 2.79. The molecule has 0 aromatic carbocycles. The predicted molar refractivity (Wildman–Crippen MR) is 78.7 cm³/mol. The van der Waals surface area contributed by atoms with Crippen LogP contribution in [0.3, 0.4) is 0 Å². The third-order valence-electron chi connectivity index (χ3n) is 5.26. The van der Waals surface area contributed by atoms with Crippen LogP contribution in [0.25, 0.3) is 0 Å². The number of hydrogen-bond acceptors (Lipinski definition) is 2. The highest BCUT2D eigenvalue weighted by molar-refractivity contribution is 5.76. The van der Waals surface area contributed by atoms with Crippen molar-refractivity contribution in [2.24, 2.45) is 23.0 Å². The van der Waals surface area contributed by atoms with Gasteiger partial charge in [-0.3, -0.25) is 4.79 Å². The van der Waals surface area contributed by atoms with Gasteiger partial charge in [-0.05, 0) is 36.5 Å². The average molecular weight is 266 g/mol. The summed E-state index contributed by atoms with van der Waals surface area (Å²) in [5.41, 5.74) is 6.20. The highest BCUT2D eigenvalue weighted by atomic mass is 16.2. The molecule has 0 radical (unpaired) electrons. The van der Waals surface area contributed by atoms with Crippen LogP contribution in [0.5, 0.6) is 0 Å². The van der Waals surface area contributed by atoms with Crippen LogP contribution in [0.15, 0.2) is 0 Å². The zero-order valence-electron chi connectivity index (χ0n) is 12.8. The number of hydrogen-bond donors (Lipinski definition) is 1. The van der Waals surface area contributed by atoms with Crippen LogP contribution in [-0.2, 0) is 4.79 Å². The molecule has 1 aliphatic carbocycles. The van der Waals surface area contributed by atoms with Crippen LogP contribution < -0.4 is 5.73 Å². The third kappa shape index (κ3) is 3.71. The summed E-state index contributed by atoms with van der Waals surface area (Å²) >= 11 is 0. The summed E-state index contributed by atoms with van der Waals surface area (Å²) in [7, 11) is 0. The first-order valence-electron chi connectivity index (χ1n) is 7.92. The summed E-state index contributed by atoms with van der Waals surface area (Å²) in [6.07, 6.45) is 6.79. The minimum Gasteiger partial charge on any atom is -0.342 e. The minimum atomic E-state index is 0.0645. The van der Waals surface area contributed by atoms with E-state index in [0.29, 0.717) is 11.8 Å². The second kappa shape index (κ2) is 5.82. The molecule has 3 nitrogen and oxygen atoms in total. The molecule has 2 rings (SSSR count). The number of nitrogens with zero attached hydrogens (tertiary/aromatic N) is 1. The Hall–Kier alpha value is -0.570. The van der Waals surface area contributed by atoms with Crippen LogP contribution in [0.4, 0.5) is 0 Å². The van der Waals surface area contributed by atoms with Crippen molar-refractivity contribution < 1.29 is 4.79 Å². The van der Waals surface area contributed by atoms with Crippen LogP contribution >= 0.6 is 0 Å². The van der Waals surface area contributed by atoms with Crippen molar-refractivity contribution in [3.05, 3.63) is 0 Å². The van der Waals surface area contributed by atoms with Gasteiger partial charge >= 0.3 is 0 Å². The van der Waals surface area contributed by atoms with Crippen molar-refractivity contribution in [3.63, 3.8) is 0 Å². The van der Waals surface area contributed by atoms with Gasteiger partial charge in [0, 0.05) is 25.6 Å². The Kier molecular flexibility index (Phi) is 4.54. The van der Waals surface area contributed by atoms with Gasteiger partial charge in [-0.25, -0.2) is 0 Å². The summed E-state index contributed by atoms with van der Waals surface area (Å²) in [4.78, 5) is 14.5. The topological polar surface area (TPSA) is 46.3 Å². The van der Waals surface area contributed by atoms with Gasteiger partial charge in [0.25, 0.3) is 0 Å². The fraction of sp³-hybridized carbons (Fsp3) is 0.938. The number of amides is 1. The number of carbonyl (C=O) groups is 1. The molecule has 2 fully saturated rings. The molecule has 1 amide bonds. The molecule has 0 aromatic heterocycles. The van der Waals surface area contributed by atoms with E-state index in [9.17, 15) is 4.79 Å². The van der Waals surface area contributed by atoms with Crippen molar-refractivity contribution in [3.8, 4) is 0 Å². The molecular weight excluding hydrogens is 236 g/mol. The highest BCUT2D eigenvalue weighted by Crippen LogP contribution is 2.32. The number of piperidine rings is 1. The van der Waals surface area contributed by atoms with Crippen molar-refractivity contribution in [1.29, 1.82) is 0 Å². The first-order chi connectivity index (χ1) is 8.88. The smallest absolute Gasteiger partial charge is 0.222 e. The molecule has 1 atom stereocenters. The Balaban J connectivity index is 1.83. The van der Waals surface area contributed by atoms with E-state index in [4.69, 9.17) is 5.73 Å². The van der Waals surface area contributed by atoms with Gasteiger partial charge in [0.1, 0.15) is 0 Å². The van der Waals surface area contributed by atoms with Gasteiger partial charge < -0.3 is 10.6 Å². The lowest BCUT2D eigenvalue weighted by Crippen LogP contribution is -2.54. The van der Waals surface area contributed by atoms with Gasteiger partial charge in [-0.1, -0.05) is 33.6 Å². The van der Waals surface area contributed by atoms with E-state index in [1.807, 2.05) is 0 Å². The van der Waals surface area contributed by atoms with Crippen molar-refractivity contribution in [1.82, 2.24) is 4.90 Å². The second-order valence-electron chi connectivity index (χ2n) is 7.53. The molecule has 1 aliphatic heterocycles. The Bertz CT molecular complexity index is 319. The average Bonchev–Trinajstić information content (AvgIpc) is 2.35. The molecule has 0 bridgehead atoms. The fourth-order valence-electron chi connectivity index (χ4n) is 3.50. The van der Waals surface area contributed by atoms with E-state index in [1.165, 1.54) is 25.7 Å². The van der Waals surface area contributed by atoms with Gasteiger partial charge in [0.2, 0.25) is 5.91 Å². The van der Waals surface area contributed by atoms with E-state index in [0.717, 1.165) is 31.8 Å². The lowest BCUT2D eigenvalue weighted by molar-refractivity contribution is -0.136. The summed E-state index contributed by atoms with van der Waals surface area (Å²) in [6.45, 7) is 8.37. The lowest BCUT2D eigenvalue weighted by atomic mass is 9.78. The van der Waals surface area contributed by atoms with E-state index in [2.05, 4.69) is 25.7 Å². The molecule has 0 spiro atoms. The maximum atomic E-state index is 12.4. The second-order valence-corrected chi connectivity index (χ2v) is 7.53. The molecular formula is C16H30N2O. The van der Waals surface area contributed by atoms with E-state index in [1.54, 1.807) is 0 Å². The van der Waals surface area contributed by atoms with Gasteiger partial charge in [0.05, 0.1) is 0 Å². The van der Waals surface area contributed by atoms with E-state index < -0.39 is 0 Å². The zero-order chi connectivity index (χ0) is 14.0. The third-order valence-corrected chi connectivity index (χ3v) is 5.26. The summed E-state index contributed by atoms with van der Waals surface area (Å²) in [5.74, 6) is 1.85. The molecule has 3 heteroatoms. The molecule has 1 unspecified atom stereocenters. The maximum absolute atomic E-state index is 12.4. The lowest BCUT2D eigenvalue weighted by Gasteiger charge is -2.43. The zero-order valence-corrected chi connectivity index (χ0v) is 12.8. The Morgan fingerprint density at radius 2 is 1.84 bits per heavy atom. The Labute approximate surface area is 117 Å². The summed E-state index contributed by atoms with van der Waals surface area (Å²) < 4.78 is 0. The summed E-state index contributed by atoms with van der Waals surface area (Å²) in [5, 5.41) is 0. The number of carbonyl (C=O) groups excluding carboxylic acids is 1. The molecule has 1 heterocycles. The fourth-order valence-corrected chi connectivity index (χ4v) is 3.50. The SMILES string of the molecule is CC1CCC(CC(=O)N2CCC(N)C(C)(C)C2)CC1. The number of likely N-dealkylation sites (tertiary alicyclic amines) is 1. The standard InChI is InChI=1S/C16H30N2O/c1-12-4-6-13(7-5-12)10-15(19)18-9-8-14(17)16(2,3)11-18/h12-14H,4-11,17H2,1-3H3. The van der Waals surface area contributed by atoms with Crippen LogP contribution in [0.2, 0.25) is 0 Å². The molecule has 0 aromatic rings.